The normalized spacial score (nSPS) is 24.7. The molecule has 0 bridgehead atoms. The van der Waals surface area contributed by atoms with Crippen LogP contribution >= 0.6 is 0 Å². The topological polar surface area (TPSA) is 94.9 Å². The Kier molecular flexibility index (Phi) is 7.54. The average Bonchev–Trinajstić information content (AvgIpc) is 3.18. The summed E-state index contributed by atoms with van der Waals surface area (Å²) in [6.07, 6.45) is 3.89. The lowest BCUT2D eigenvalue weighted by Crippen LogP contribution is -2.59. The number of aliphatic hydroxyl groups excluding tert-OH is 2. The van der Waals surface area contributed by atoms with Crippen molar-refractivity contribution in [3.05, 3.63) is 70.9 Å². The molecule has 202 valence electrons. The van der Waals surface area contributed by atoms with Crippen LogP contribution in [-0.2, 0) is 4.79 Å². The summed E-state index contributed by atoms with van der Waals surface area (Å²) >= 11 is 0. The van der Waals surface area contributed by atoms with Crippen molar-refractivity contribution in [1.82, 2.24) is 20.1 Å². The maximum atomic E-state index is 11.9. The van der Waals surface area contributed by atoms with Gasteiger partial charge in [-0.05, 0) is 37.5 Å². The molecule has 9 nitrogen and oxygen atoms in total. The highest BCUT2D eigenvalue weighted by atomic mass is 16.3. The molecule has 3 unspecified atom stereocenters. The predicted octanol–water partition coefficient (Wildman–Crippen LogP) is 2.63. The van der Waals surface area contributed by atoms with Crippen LogP contribution in [0.2, 0.25) is 0 Å². The zero-order valence-electron chi connectivity index (χ0n) is 22.6. The van der Waals surface area contributed by atoms with Crippen LogP contribution in [0.1, 0.15) is 54.8 Å². The van der Waals surface area contributed by atoms with Crippen LogP contribution in [-0.4, -0.2) is 82.8 Å². The van der Waals surface area contributed by atoms with E-state index >= 15 is 0 Å². The smallest absolute Gasteiger partial charge is 0.248 e. The standard InChI is InChI=1S/C29H38N6O3/c1-5-25(22-8-6-7-19(2)13-22)35-26-14-21(9-10-24(26)28(38)32(35)4)23-15-30-29(31-16-23)33-11-12-34(20(3)17-33)27(37)18-36/h6-10,13-16,20,25,28-30,36,38H,5,11-12,17-18H2,1-4H3/t20-,25?,28?,29?/m1/s1. The van der Waals surface area contributed by atoms with E-state index in [1.54, 1.807) is 4.90 Å². The minimum atomic E-state index is -0.701. The highest BCUT2D eigenvalue weighted by Crippen LogP contribution is 2.44. The first-order chi connectivity index (χ1) is 18.3. The molecule has 9 heteroatoms. The number of fused-ring (bicyclic) bond motifs is 1. The van der Waals surface area contributed by atoms with Gasteiger partial charge in [-0.1, -0.05) is 48.9 Å². The number of amides is 1. The van der Waals surface area contributed by atoms with E-state index in [1.165, 1.54) is 11.1 Å². The Hall–Kier alpha value is -3.24. The Labute approximate surface area is 224 Å². The van der Waals surface area contributed by atoms with E-state index in [0.29, 0.717) is 19.6 Å². The first-order valence-electron chi connectivity index (χ1n) is 13.4. The maximum Gasteiger partial charge on any atom is 0.248 e. The summed E-state index contributed by atoms with van der Waals surface area (Å²) in [5.41, 5.74) is 6.34. The van der Waals surface area contributed by atoms with Gasteiger partial charge in [0.15, 0.2) is 12.5 Å². The molecule has 0 radical (unpaired) electrons. The van der Waals surface area contributed by atoms with Crippen LogP contribution in [0.5, 0.6) is 0 Å². The molecule has 0 saturated carbocycles. The number of carbonyl (C=O) groups excluding carboxylic acids is 1. The van der Waals surface area contributed by atoms with Gasteiger partial charge in [0, 0.05) is 56.3 Å². The Morgan fingerprint density at radius 1 is 1.21 bits per heavy atom. The molecule has 3 aliphatic rings. The SMILES string of the molecule is CCC(c1cccc(C)c1)N1c2cc(C3=CNC(N4CCN(C(=O)CO)[C@H](C)C4)N=C3)ccc2C(O)N1C. The maximum absolute atomic E-state index is 11.9. The lowest BCUT2D eigenvalue weighted by molar-refractivity contribution is -0.139. The quantitative estimate of drug-likeness (QED) is 0.541. The summed E-state index contributed by atoms with van der Waals surface area (Å²) in [7, 11) is 1.94. The first kappa shape index (κ1) is 26.4. The van der Waals surface area contributed by atoms with Crippen LogP contribution in [0.25, 0.3) is 5.57 Å². The number of rotatable bonds is 6. The predicted molar refractivity (Wildman–Crippen MR) is 149 cm³/mol. The van der Waals surface area contributed by atoms with E-state index in [-0.39, 0.29) is 24.3 Å². The number of nitrogens with zero attached hydrogens (tertiary/aromatic N) is 5. The van der Waals surface area contributed by atoms with Gasteiger partial charge >= 0.3 is 0 Å². The first-order valence-corrected chi connectivity index (χ1v) is 13.4. The number of benzene rings is 2. The molecule has 2 aromatic carbocycles. The number of hydrogen-bond acceptors (Lipinski definition) is 8. The van der Waals surface area contributed by atoms with Gasteiger partial charge in [-0.2, -0.15) is 5.01 Å². The number of anilines is 1. The van der Waals surface area contributed by atoms with E-state index < -0.39 is 12.8 Å². The zero-order chi connectivity index (χ0) is 27.0. The summed E-state index contributed by atoms with van der Waals surface area (Å²) in [6, 6.07) is 14.9. The number of aliphatic imine (C=N–C) groups is 1. The molecule has 3 heterocycles. The Morgan fingerprint density at radius 2 is 2.03 bits per heavy atom. The lowest BCUT2D eigenvalue weighted by atomic mass is 9.99. The second kappa shape index (κ2) is 10.9. The number of aliphatic hydroxyl groups is 2. The zero-order valence-corrected chi connectivity index (χ0v) is 22.6. The van der Waals surface area contributed by atoms with Crippen LogP contribution in [0.15, 0.2) is 53.7 Å². The third-order valence-electron chi connectivity index (χ3n) is 7.89. The van der Waals surface area contributed by atoms with Gasteiger partial charge in [-0.25, -0.2) is 0 Å². The molecule has 0 aromatic heterocycles. The van der Waals surface area contributed by atoms with Gasteiger partial charge in [0.1, 0.15) is 6.61 Å². The monoisotopic (exact) mass is 518 g/mol. The van der Waals surface area contributed by atoms with Crippen molar-refractivity contribution < 1.29 is 15.0 Å². The molecule has 5 rings (SSSR count). The molecule has 0 aliphatic carbocycles. The van der Waals surface area contributed by atoms with Gasteiger partial charge in [0.25, 0.3) is 0 Å². The van der Waals surface area contributed by atoms with Gasteiger partial charge in [0.2, 0.25) is 5.91 Å². The molecular formula is C29H38N6O3. The molecule has 0 spiro atoms. The molecular weight excluding hydrogens is 480 g/mol. The summed E-state index contributed by atoms with van der Waals surface area (Å²) in [5, 5.41) is 27.8. The van der Waals surface area contributed by atoms with Gasteiger partial charge in [0.05, 0.1) is 11.7 Å². The van der Waals surface area contributed by atoms with Crippen molar-refractivity contribution >= 4 is 23.4 Å². The third kappa shape index (κ3) is 4.82. The van der Waals surface area contributed by atoms with Crippen molar-refractivity contribution in [3.63, 3.8) is 0 Å². The summed E-state index contributed by atoms with van der Waals surface area (Å²) in [4.78, 5) is 20.7. The largest absolute Gasteiger partial charge is 0.387 e. The molecule has 1 amide bonds. The van der Waals surface area contributed by atoms with Crippen molar-refractivity contribution in [1.29, 1.82) is 0 Å². The number of aryl methyl sites for hydroxylation is 1. The van der Waals surface area contributed by atoms with E-state index in [1.807, 2.05) is 43.5 Å². The highest BCUT2D eigenvalue weighted by Gasteiger charge is 2.37. The molecule has 2 aromatic rings. The molecule has 3 N–H and O–H groups in total. The fraction of sp³-hybridized carbons (Fsp3) is 0.448. The number of hydrogen-bond donors (Lipinski definition) is 3. The highest BCUT2D eigenvalue weighted by molar-refractivity contribution is 6.10. The lowest BCUT2D eigenvalue weighted by Gasteiger charge is -2.42. The summed E-state index contributed by atoms with van der Waals surface area (Å²) < 4.78 is 0. The summed E-state index contributed by atoms with van der Waals surface area (Å²) in [5.74, 6) is -0.228. The second-order valence-corrected chi connectivity index (χ2v) is 10.4. The number of nitrogens with one attached hydrogen (secondary N) is 1. The fourth-order valence-corrected chi connectivity index (χ4v) is 5.87. The van der Waals surface area contributed by atoms with Crippen molar-refractivity contribution in [2.45, 2.75) is 51.8 Å². The molecule has 1 fully saturated rings. The van der Waals surface area contributed by atoms with Crippen molar-refractivity contribution in [2.75, 3.05) is 38.3 Å². The van der Waals surface area contributed by atoms with Gasteiger partial charge < -0.3 is 20.4 Å². The van der Waals surface area contributed by atoms with Crippen LogP contribution in [0.4, 0.5) is 5.69 Å². The summed E-state index contributed by atoms with van der Waals surface area (Å²) in [6.45, 7) is 7.76. The van der Waals surface area contributed by atoms with E-state index in [4.69, 9.17) is 4.99 Å². The van der Waals surface area contributed by atoms with Crippen LogP contribution < -0.4 is 10.3 Å². The van der Waals surface area contributed by atoms with E-state index in [2.05, 4.69) is 59.4 Å². The Bertz CT molecular complexity index is 1250. The van der Waals surface area contributed by atoms with Crippen molar-refractivity contribution in [3.8, 4) is 0 Å². The van der Waals surface area contributed by atoms with Gasteiger partial charge in [-0.15, -0.1) is 0 Å². The molecule has 4 atom stereocenters. The molecule has 38 heavy (non-hydrogen) atoms. The van der Waals surface area contributed by atoms with Crippen LogP contribution in [0.3, 0.4) is 0 Å². The average molecular weight is 519 g/mol. The third-order valence-corrected chi connectivity index (χ3v) is 7.89. The minimum absolute atomic E-state index is 0.0109. The van der Waals surface area contributed by atoms with E-state index in [9.17, 15) is 15.0 Å². The Morgan fingerprint density at radius 3 is 2.68 bits per heavy atom. The Balaban J connectivity index is 1.35. The number of carbonyl (C=O) groups is 1. The second-order valence-electron chi connectivity index (χ2n) is 10.4. The number of allylic oxidation sites excluding steroid dienone is 1. The minimum Gasteiger partial charge on any atom is -0.387 e. The molecule has 3 aliphatic heterocycles. The van der Waals surface area contributed by atoms with Gasteiger partial charge in [-0.3, -0.25) is 19.7 Å². The van der Waals surface area contributed by atoms with Crippen molar-refractivity contribution in [2.24, 2.45) is 4.99 Å². The van der Waals surface area contributed by atoms with Crippen LogP contribution in [0, 0.1) is 6.92 Å². The van der Waals surface area contributed by atoms with E-state index in [0.717, 1.165) is 28.8 Å². The number of hydrazine groups is 1. The fourth-order valence-electron chi connectivity index (χ4n) is 5.87. The molecule has 1 saturated heterocycles. The number of piperazine rings is 1.